The highest BCUT2D eigenvalue weighted by Gasteiger charge is 2.39. The molecule has 1 unspecified atom stereocenters. The quantitative estimate of drug-likeness (QED) is 0.291. The number of hydrogen-bond donors (Lipinski definition) is 2. The lowest BCUT2D eigenvalue weighted by Crippen LogP contribution is -2.34. The summed E-state index contributed by atoms with van der Waals surface area (Å²) in [6, 6.07) is 15.7. The van der Waals surface area contributed by atoms with Gasteiger partial charge in [-0.3, -0.25) is 15.0 Å². The molecule has 0 saturated carbocycles. The largest absolute Gasteiger partial charge is 0.387 e. The summed E-state index contributed by atoms with van der Waals surface area (Å²) >= 11 is 0. The number of carbonyl (C=O) groups is 2. The second-order valence-corrected chi connectivity index (χ2v) is 8.82. The Bertz CT molecular complexity index is 1540. The molecule has 4 aromatic rings. The molecule has 2 amide bonds. The zero-order valence-corrected chi connectivity index (χ0v) is 18.2. The molecule has 2 aromatic carbocycles. The van der Waals surface area contributed by atoms with Crippen molar-refractivity contribution < 1.29 is 9.59 Å². The first kappa shape index (κ1) is 19.5. The smallest absolute Gasteiger partial charge is 0.266 e. The number of para-hydroxylation sites is 2. The number of amidine groups is 1. The number of nitrogens with zero attached hydrogens (tertiary/aromatic N) is 3. The molecular weight excluding hydrogens is 414 g/mol. The van der Waals surface area contributed by atoms with Gasteiger partial charge in [-0.25, -0.2) is 4.90 Å². The number of amides is 2. The first-order valence-corrected chi connectivity index (χ1v) is 11.0. The molecule has 2 aliphatic rings. The van der Waals surface area contributed by atoms with Gasteiger partial charge in [0.1, 0.15) is 0 Å². The number of aromatic nitrogens is 2. The summed E-state index contributed by atoms with van der Waals surface area (Å²) in [5.74, 6) is -0.613. The first-order chi connectivity index (χ1) is 16.0. The zero-order valence-electron chi connectivity index (χ0n) is 18.2. The van der Waals surface area contributed by atoms with Crippen molar-refractivity contribution in [3.63, 3.8) is 0 Å². The van der Waals surface area contributed by atoms with Crippen molar-refractivity contribution in [2.45, 2.75) is 19.4 Å². The molecule has 3 N–H and O–H groups in total. The lowest BCUT2D eigenvalue weighted by molar-refractivity contribution is -0.119. The van der Waals surface area contributed by atoms with Crippen molar-refractivity contribution in [3.8, 4) is 0 Å². The number of rotatable bonds is 3. The lowest BCUT2D eigenvalue weighted by Gasteiger charge is -2.26. The van der Waals surface area contributed by atoms with E-state index in [0.29, 0.717) is 24.2 Å². The number of aryl methyl sites for hydroxylation is 2. The van der Waals surface area contributed by atoms with Crippen molar-refractivity contribution in [3.05, 3.63) is 72.1 Å². The summed E-state index contributed by atoms with van der Waals surface area (Å²) < 4.78 is 4.14. The Kier molecular flexibility index (Phi) is 4.11. The summed E-state index contributed by atoms with van der Waals surface area (Å²) in [5.41, 5.74) is 10.5. The predicted octanol–water partition coefficient (Wildman–Crippen LogP) is 3.59. The second kappa shape index (κ2) is 6.93. The van der Waals surface area contributed by atoms with Crippen LogP contribution in [0.5, 0.6) is 0 Å². The molecule has 0 aliphatic carbocycles. The third kappa shape index (κ3) is 2.72. The number of imide groups is 1. The molecule has 164 valence electrons. The highest BCUT2D eigenvalue weighted by molar-refractivity contribution is 6.45. The van der Waals surface area contributed by atoms with Gasteiger partial charge in [-0.1, -0.05) is 36.4 Å². The Morgan fingerprint density at radius 1 is 1.03 bits per heavy atom. The molecule has 7 nitrogen and oxygen atoms in total. The molecular formula is C26H23N5O2. The van der Waals surface area contributed by atoms with Crippen LogP contribution in [0, 0.1) is 11.3 Å². The molecule has 0 bridgehead atoms. The zero-order chi connectivity index (χ0) is 22.9. The minimum atomic E-state index is -0.341. The van der Waals surface area contributed by atoms with Crippen LogP contribution in [0.4, 0.5) is 5.69 Å². The van der Waals surface area contributed by atoms with E-state index >= 15 is 0 Å². The Balaban J connectivity index is 1.51. The minimum absolute atomic E-state index is 0.0983. The van der Waals surface area contributed by atoms with Crippen molar-refractivity contribution in [2.24, 2.45) is 18.7 Å². The monoisotopic (exact) mass is 437 g/mol. The van der Waals surface area contributed by atoms with E-state index < -0.39 is 0 Å². The van der Waals surface area contributed by atoms with Crippen molar-refractivity contribution in [1.29, 1.82) is 5.41 Å². The van der Waals surface area contributed by atoms with Crippen LogP contribution in [0.15, 0.2) is 60.8 Å². The molecule has 4 heterocycles. The van der Waals surface area contributed by atoms with Crippen LogP contribution in [0.1, 0.15) is 17.7 Å². The van der Waals surface area contributed by atoms with Crippen molar-refractivity contribution in [1.82, 2.24) is 9.13 Å². The fourth-order valence-electron chi connectivity index (χ4n) is 5.37. The van der Waals surface area contributed by atoms with Crippen LogP contribution in [-0.4, -0.2) is 26.8 Å². The molecule has 0 saturated heterocycles. The van der Waals surface area contributed by atoms with Gasteiger partial charge in [0.25, 0.3) is 11.8 Å². The molecule has 0 fully saturated rings. The number of carbonyl (C=O) groups excluding carboxylic acids is 2. The Labute approximate surface area is 190 Å². The number of anilines is 1. The normalized spacial score (nSPS) is 18.3. The van der Waals surface area contributed by atoms with E-state index in [1.807, 2.05) is 66.3 Å². The predicted molar refractivity (Wildman–Crippen MR) is 129 cm³/mol. The summed E-state index contributed by atoms with van der Waals surface area (Å²) in [5, 5.41) is 9.76. The van der Waals surface area contributed by atoms with Crippen molar-refractivity contribution in [2.75, 3.05) is 4.90 Å². The SMILES string of the molecule is Cn1cc(C2=CC(=O)N(c3c4n(c5ccccc35)CCC(C(=N)N)C4)C2=O)c2ccccc21. The fraction of sp³-hybridized carbons (Fsp3) is 0.192. The highest BCUT2D eigenvalue weighted by Crippen LogP contribution is 2.42. The summed E-state index contributed by atoms with van der Waals surface area (Å²) in [6.45, 7) is 0.694. The van der Waals surface area contributed by atoms with Gasteiger partial charge in [0.2, 0.25) is 0 Å². The standard InChI is InChI=1S/C26H23N5O2/c1-29-14-19(16-6-2-4-8-20(16)29)18-13-23(32)31(26(18)33)24-17-7-3-5-9-21(17)30-11-10-15(25(27)28)12-22(24)30/h2-9,13-15H,10-12H2,1H3,(H3,27,28). The number of benzene rings is 2. The second-order valence-electron chi connectivity index (χ2n) is 8.82. The fourth-order valence-corrected chi connectivity index (χ4v) is 5.37. The average molecular weight is 438 g/mol. The number of fused-ring (bicyclic) bond motifs is 4. The molecule has 0 spiro atoms. The van der Waals surface area contributed by atoms with E-state index in [4.69, 9.17) is 11.1 Å². The van der Waals surface area contributed by atoms with E-state index in [-0.39, 0.29) is 23.6 Å². The molecule has 1 atom stereocenters. The summed E-state index contributed by atoms with van der Waals surface area (Å²) in [6.07, 6.45) is 4.65. The molecule has 33 heavy (non-hydrogen) atoms. The average Bonchev–Trinajstić information content (AvgIpc) is 3.42. The topological polar surface area (TPSA) is 97.1 Å². The highest BCUT2D eigenvalue weighted by atomic mass is 16.2. The third-order valence-corrected chi connectivity index (χ3v) is 6.96. The van der Waals surface area contributed by atoms with E-state index in [9.17, 15) is 9.59 Å². The lowest BCUT2D eigenvalue weighted by atomic mass is 9.94. The van der Waals surface area contributed by atoms with Crippen molar-refractivity contribution >= 4 is 50.7 Å². The van der Waals surface area contributed by atoms with Gasteiger partial charge in [-0.05, 0) is 25.0 Å². The van der Waals surface area contributed by atoms with E-state index in [2.05, 4.69) is 4.57 Å². The van der Waals surface area contributed by atoms with E-state index in [1.54, 1.807) is 0 Å². The first-order valence-electron chi connectivity index (χ1n) is 11.0. The van der Waals surface area contributed by atoms with Crippen LogP contribution in [-0.2, 0) is 29.6 Å². The number of nitrogens with one attached hydrogen (secondary N) is 1. The van der Waals surface area contributed by atoms with Gasteiger partial charge in [-0.2, -0.15) is 0 Å². The third-order valence-electron chi connectivity index (χ3n) is 6.96. The molecule has 2 aromatic heterocycles. The van der Waals surface area contributed by atoms with Crippen LogP contribution < -0.4 is 10.6 Å². The maximum Gasteiger partial charge on any atom is 0.266 e. The molecule has 6 rings (SSSR count). The maximum absolute atomic E-state index is 13.8. The van der Waals surface area contributed by atoms with Crippen LogP contribution in [0.2, 0.25) is 0 Å². The number of nitrogens with two attached hydrogens (primary N) is 1. The van der Waals surface area contributed by atoms with Gasteiger partial charge < -0.3 is 14.9 Å². The van der Waals surface area contributed by atoms with Crippen LogP contribution in [0.25, 0.3) is 27.4 Å². The Morgan fingerprint density at radius 2 is 1.73 bits per heavy atom. The van der Waals surface area contributed by atoms with E-state index in [0.717, 1.165) is 39.5 Å². The summed E-state index contributed by atoms with van der Waals surface area (Å²) in [4.78, 5) is 28.4. The van der Waals surface area contributed by atoms with Gasteiger partial charge in [0.05, 0.1) is 22.6 Å². The van der Waals surface area contributed by atoms with Gasteiger partial charge in [0, 0.05) is 59.3 Å². The number of hydrogen-bond acceptors (Lipinski definition) is 3. The summed E-state index contributed by atoms with van der Waals surface area (Å²) in [7, 11) is 1.94. The maximum atomic E-state index is 13.8. The molecule has 2 aliphatic heterocycles. The van der Waals surface area contributed by atoms with Crippen LogP contribution in [0.3, 0.4) is 0 Å². The van der Waals surface area contributed by atoms with Gasteiger partial charge >= 0.3 is 0 Å². The van der Waals surface area contributed by atoms with Crippen LogP contribution >= 0.6 is 0 Å². The minimum Gasteiger partial charge on any atom is -0.387 e. The Hall–Kier alpha value is -4.13. The van der Waals surface area contributed by atoms with Gasteiger partial charge in [0.15, 0.2) is 0 Å². The Morgan fingerprint density at radius 3 is 2.48 bits per heavy atom. The van der Waals surface area contributed by atoms with E-state index in [1.165, 1.54) is 11.0 Å². The molecule has 7 heteroatoms. The van der Waals surface area contributed by atoms with Gasteiger partial charge in [-0.15, -0.1) is 0 Å². The molecule has 0 radical (unpaired) electrons.